The number of rotatable bonds is 4. The first kappa shape index (κ1) is 17.0. The fourth-order valence-electron chi connectivity index (χ4n) is 3.49. The van der Waals surface area contributed by atoms with Crippen molar-refractivity contribution in [1.29, 1.82) is 5.26 Å². The van der Waals surface area contributed by atoms with Gasteiger partial charge in [0, 0.05) is 30.9 Å². The summed E-state index contributed by atoms with van der Waals surface area (Å²) in [7, 11) is 0. The minimum atomic E-state index is -0.615. The van der Waals surface area contributed by atoms with Crippen LogP contribution in [0.3, 0.4) is 0 Å². The third kappa shape index (κ3) is 2.60. The average Bonchev–Trinajstić information content (AvgIpc) is 3.23. The van der Waals surface area contributed by atoms with Crippen molar-refractivity contribution in [3.8, 4) is 17.3 Å². The number of nitrogen functional groups attached to an aromatic ring is 1. The molecule has 1 amide bonds. The number of hydrogen-bond acceptors (Lipinski definition) is 7. The second-order valence-corrected chi connectivity index (χ2v) is 6.88. The van der Waals surface area contributed by atoms with Gasteiger partial charge in [0.25, 0.3) is 0 Å². The van der Waals surface area contributed by atoms with Crippen molar-refractivity contribution in [2.75, 3.05) is 18.8 Å². The maximum absolute atomic E-state index is 12.1. The Morgan fingerprint density at radius 1 is 1.48 bits per heavy atom. The lowest BCUT2D eigenvalue weighted by molar-refractivity contribution is -0.143. The molecule has 0 aromatic carbocycles. The predicted octanol–water partition coefficient (Wildman–Crippen LogP) is 0.202. The van der Waals surface area contributed by atoms with E-state index in [-0.39, 0.29) is 12.3 Å². The third-order valence-electron chi connectivity index (χ3n) is 4.92. The van der Waals surface area contributed by atoms with Crippen molar-refractivity contribution in [3.63, 3.8) is 0 Å². The minimum Gasteiger partial charge on any atom is -0.382 e. The van der Waals surface area contributed by atoms with Crippen LogP contribution in [0.4, 0.5) is 5.82 Å². The fraction of sp³-hybridized carbons (Fsp3) is 0.353. The SMILES string of the molecule is C[C@H](N)C(=O)N1CC(CC#N)(n2cc(-c3ncnc4[nH]ccc34)c(N)n2)C1. The molecule has 10 nitrogen and oxygen atoms in total. The highest BCUT2D eigenvalue weighted by Gasteiger charge is 2.48. The molecule has 0 saturated carbocycles. The highest BCUT2D eigenvalue weighted by Crippen LogP contribution is 2.36. The van der Waals surface area contributed by atoms with E-state index in [4.69, 9.17) is 11.5 Å². The largest absolute Gasteiger partial charge is 0.382 e. The van der Waals surface area contributed by atoms with Gasteiger partial charge in [0.2, 0.25) is 5.91 Å². The van der Waals surface area contributed by atoms with E-state index < -0.39 is 11.6 Å². The van der Waals surface area contributed by atoms with Gasteiger partial charge in [-0.05, 0) is 13.0 Å². The first-order valence-corrected chi connectivity index (χ1v) is 8.50. The molecule has 1 aliphatic rings. The van der Waals surface area contributed by atoms with Crippen molar-refractivity contribution in [3.05, 3.63) is 24.8 Å². The molecule has 0 unspecified atom stereocenters. The highest BCUT2D eigenvalue weighted by atomic mass is 16.2. The van der Waals surface area contributed by atoms with Crippen molar-refractivity contribution in [2.45, 2.75) is 24.9 Å². The van der Waals surface area contributed by atoms with Crippen LogP contribution < -0.4 is 11.5 Å². The van der Waals surface area contributed by atoms with Gasteiger partial charge in [-0.15, -0.1) is 0 Å². The van der Waals surface area contributed by atoms with Crippen LogP contribution in [-0.4, -0.2) is 54.7 Å². The molecule has 138 valence electrons. The predicted molar refractivity (Wildman–Crippen MR) is 98.0 cm³/mol. The smallest absolute Gasteiger partial charge is 0.239 e. The lowest BCUT2D eigenvalue weighted by Crippen LogP contribution is -2.66. The van der Waals surface area contributed by atoms with E-state index in [9.17, 15) is 10.1 Å². The number of nitriles is 1. The van der Waals surface area contributed by atoms with E-state index in [1.807, 2.05) is 6.07 Å². The second kappa shape index (κ2) is 6.07. The highest BCUT2D eigenvalue weighted by molar-refractivity contribution is 5.93. The first-order chi connectivity index (χ1) is 12.9. The molecule has 27 heavy (non-hydrogen) atoms. The summed E-state index contributed by atoms with van der Waals surface area (Å²) in [6.45, 7) is 2.38. The Bertz CT molecular complexity index is 1050. The van der Waals surface area contributed by atoms with Crippen LogP contribution >= 0.6 is 0 Å². The number of nitrogens with one attached hydrogen (secondary N) is 1. The maximum Gasteiger partial charge on any atom is 0.239 e. The first-order valence-electron chi connectivity index (χ1n) is 8.50. The van der Waals surface area contributed by atoms with Crippen LogP contribution in [0.1, 0.15) is 13.3 Å². The molecule has 5 N–H and O–H groups in total. The molecule has 3 aromatic heterocycles. The number of hydrogen-bond donors (Lipinski definition) is 3. The zero-order chi connectivity index (χ0) is 19.2. The Morgan fingerprint density at radius 3 is 2.96 bits per heavy atom. The van der Waals surface area contributed by atoms with Crippen LogP contribution in [0.15, 0.2) is 24.8 Å². The Morgan fingerprint density at radius 2 is 2.26 bits per heavy atom. The molecule has 3 aromatic rings. The number of likely N-dealkylation sites (tertiary alicyclic amines) is 1. The van der Waals surface area contributed by atoms with Gasteiger partial charge in [-0.1, -0.05) is 0 Å². The van der Waals surface area contributed by atoms with Crippen molar-refractivity contribution >= 4 is 22.8 Å². The molecule has 1 saturated heterocycles. The third-order valence-corrected chi connectivity index (χ3v) is 4.92. The van der Waals surface area contributed by atoms with Gasteiger partial charge < -0.3 is 21.4 Å². The van der Waals surface area contributed by atoms with Crippen LogP contribution in [-0.2, 0) is 10.3 Å². The monoisotopic (exact) mass is 365 g/mol. The van der Waals surface area contributed by atoms with Gasteiger partial charge in [-0.3, -0.25) is 9.48 Å². The van der Waals surface area contributed by atoms with Crippen LogP contribution in [0.25, 0.3) is 22.3 Å². The van der Waals surface area contributed by atoms with Crippen molar-refractivity contribution < 1.29 is 4.79 Å². The van der Waals surface area contributed by atoms with Gasteiger partial charge in [-0.25, -0.2) is 9.97 Å². The van der Waals surface area contributed by atoms with Crippen molar-refractivity contribution in [2.24, 2.45) is 5.73 Å². The molecule has 1 aliphatic heterocycles. The average molecular weight is 365 g/mol. The number of amides is 1. The summed E-state index contributed by atoms with van der Waals surface area (Å²) in [5, 5.41) is 14.6. The molecule has 10 heteroatoms. The molecular weight excluding hydrogens is 346 g/mol. The zero-order valence-corrected chi connectivity index (χ0v) is 14.8. The Balaban J connectivity index is 1.71. The molecule has 0 radical (unpaired) electrons. The molecule has 1 fully saturated rings. The molecular formula is C17H19N9O. The summed E-state index contributed by atoms with van der Waals surface area (Å²) in [5.41, 5.74) is 13.3. The van der Waals surface area contributed by atoms with Crippen LogP contribution in [0, 0.1) is 11.3 Å². The topological polar surface area (TPSA) is 156 Å². The maximum atomic E-state index is 12.1. The number of nitrogens with zero attached hydrogens (tertiary/aromatic N) is 6. The summed E-state index contributed by atoms with van der Waals surface area (Å²) in [4.78, 5) is 25.3. The second-order valence-electron chi connectivity index (χ2n) is 6.88. The summed E-state index contributed by atoms with van der Waals surface area (Å²) >= 11 is 0. The number of H-pyrrole nitrogens is 1. The van der Waals surface area contributed by atoms with E-state index in [1.54, 1.807) is 28.9 Å². The lowest BCUT2D eigenvalue weighted by atomic mass is 9.86. The zero-order valence-electron chi connectivity index (χ0n) is 14.8. The lowest BCUT2D eigenvalue weighted by Gasteiger charge is -2.49. The number of fused-ring (bicyclic) bond motifs is 1. The van der Waals surface area contributed by atoms with Crippen molar-refractivity contribution in [1.82, 2.24) is 29.6 Å². The number of aromatic nitrogens is 5. The number of anilines is 1. The minimum absolute atomic E-state index is 0.145. The normalized spacial score (nSPS) is 16.7. The summed E-state index contributed by atoms with van der Waals surface area (Å²) in [6, 6.07) is 3.49. The van der Waals surface area contributed by atoms with Gasteiger partial charge in [-0.2, -0.15) is 10.4 Å². The molecule has 1 atom stereocenters. The Kier molecular flexibility index (Phi) is 3.82. The number of aromatic amines is 1. The number of nitrogens with two attached hydrogens (primary N) is 2. The van der Waals surface area contributed by atoms with Gasteiger partial charge in [0.1, 0.15) is 17.5 Å². The van der Waals surface area contributed by atoms with E-state index in [0.29, 0.717) is 35.8 Å². The van der Waals surface area contributed by atoms with E-state index in [1.165, 1.54) is 6.33 Å². The van der Waals surface area contributed by atoms with E-state index in [2.05, 4.69) is 26.1 Å². The standard InChI is InChI=1S/C17H19N9O/c1-10(19)16(27)25-7-17(8-25,3-4-18)26-6-12(14(20)24-26)13-11-2-5-21-15(11)23-9-22-13/h2,5-6,9-10H,3,7-8,19H2,1H3,(H2,20,24)(H,21,22,23)/t10-/m0/s1. The number of carbonyl (C=O) groups is 1. The summed E-state index contributed by atoms with van der Waals surface area (Å²) in [5.74, 6) is 0.166. The molecule has 0 bridgehead atoms. The fourth-order valence-corrected chi connectivity index (χ4v) is 3.49. The quantitative estimate of drug-likeness (QED) is 0.596. The van der Waals surface area contributed by atoms with Crippen LogP contribution in [0.2, 0.25) is 0 Å². The summed E-state index contributed by atoms with van der Waals surface area (Å²) < 4.78 is 1.69. The Labute approximate surface area is 154 Å². The van der Waals surface area contributed by atoms with Gasteiger partial charge in [0.05, 0.1) is 29.8 Å². The Hall–Kier alpha value is -3.45. The van der Waals surface area contributed by atoms with Crippen LogP contribution in [0.5, 0.6) is 0 Å². The number of carbonyl (C=O) groups excluding carboxylic acids is 1. The van der Waals surface area contributed by atoms with Gasteiger partial charge >= 0.3 is 0 Å². The van der Waals surface area contributed by atoms with E-state index in [0.717, 1.165) is 5.39 Å². The molecule has 0 aliphatic carbocycles. The molecule has 4 heterocycles. The molecule has 4 rings (SSSR count). The van der Waals surface area contributed by atoms with E-state index >= 15 is 0 Å². The molecule has 0 spiro atoms. The summed E-state index contributed by atoms with van der Waals surface area (Å²) in [6.07, 6.45) is 5.24. The van der Waals surface area contributed by atoms with Gasteiger partial charge in [0.15, 0.2) is 5.82 Å².